The molecule has 2 aliphatic heterocycles. The van der Waals surface area contributed by atoms with Gasteiger partial charge in [0.2, 0.25) is 5.91 Å². The fraction of sp³-hybridized carbons (Fsp3) is 0.556. The Hall–Kier alpha value is -2.08. The number of carbonyl (C=O) groups is 2. The Morgan fingerprint density at radius 2 is 2.04 bits per heavy atom. The summed E-state index contributed by atoms with van der Waals surface area (Å²) in [7, 11) is 1.89. The SMILES string of the molecule is CN(C(=O)C1CCCN(C(=O)Nc2ccccc2)C1)C1CCNC1. The molecule has 0 aliphatic carbocycles. The molecule has 2 fully saturated rings. The number of likely N-dealkylation sites (tertiary alicyclic amines) is 1. The van der Waals surface area contributed by atoms with Gasteiger partial charge < -0.3 is 20.4 Å². The molecular formula is C18H26N4O2. The minimum atomic E-state index is -0.121. The number of anilines is 1. The smallest absolute Gasteiger partial charge is 0.321 e. The highest BCUT2D eigenvalue weighted by Gasteiger charge is 2.33. The van der Waals surface area contributed by atoms with E-state index < -0.39 is 0 Å². The maximum Gasteiger partial charge on any atom is 0.321 e. The molecule has 0 aromatic heterocycles. The third kappa shape index (κ3) is 3.87. The summed E-state index contributed by atoms with van der Waals surface area (Å²) in [6.07, 6.45) is 2.74. The molecule has 130 valence electrons. The van der Waals surface area contributed by atoms with Crippen LogP contribution in [0.15, 0.2) is 30.3 Å². The van der Waals surface area contributed by atoms with Crippen molar-refractivity contribution >= 4 is 17.6 Å². The van der Waals surface area contributed by atoms with E-state index in [1.807, 2.05) is 42.3 Å². The fourth-order valence-corrected chi connectivity index (χ4v) is 3.53. The fourth-order valence-electron chi connectivity index (χ4n) is 3.53. The second-order valence-electron chi connectivity index (χ2n) is 6.68. The number of hydrogen-bond donors (Lipinski definition) is 2. The molecule has 3 rings (SSSR count). The maximum absolute atomic E-state index is 12.8. The van der Waals surface area contributed by atoms with E-state index >= 15 is 0 Å². The van der Waals surface area contributed by atoms with Crippen LogP contribution in [0.3, 0.4) is 0 Å². The summed E-state index contributed by atoms with van der Waals surface area (Å²) in [5.74, 6) is 0.0757. The van der Waals surface area contributed by atoms with Crippen molar-refractivity contribution in [3.63, 3.8) is 0 Å². The van der Waals surface area contributed by atoms with Gasteiger partial charge in [0.15, 0.2) is 0 Å². The molecule has 24 heavy (non-hydrogen) atoms. The van der Waals surface area contributed by atoms with Gasteiger partial charge in [-0.25, -0.2) is 4.79 Å². The summed E-state index contributed by atoms with van der Waals surface area (Å²) in [4.78, 5) is 28.8. The van der Waals surface area contributed by atoms with Gasteiger partial charge in [-0.05, 0) is 37.9 Å². The summed E-state index contributed by atoms with van der Waals surface area (Å²) in [6.45, 7) is 3.05. The molecule has 0 saturated carbocycles. The molecule has 3 amide bonds. The first-order chi connectivity index (χ1) is 11.6. The number of nitrogens with one attached hydrogen (secondary N) is 2. The van der Waals surface area contributed by atoms with Crippen molar-refractivity contribution in [2.24, 2.45) is 5.92 Å². The zero-order valence-corrected chi connectivity index (χ0v) is 14.2. The lowest BCUT2D eigenvalue weighted by molar-refractivity contribution is -0.137. The van der Waals surface area contributed by atoms with Crippen LogP contribution in [0, 0.1) is 5.92 Å². The van der Waals surface area contributed by atoms with Crippen LogP contribution in [-0.4, -0.2) is 61.0 Å². The van der Waals surface area contributed by atoms with E-state index in [1.165, 1.54) is 0 Å². The van der Waals surface area contributed by atoms with E-state index in [1.54, 1.807) is 4.90 Å². The first-order valence-corrected chi connectivity index (χ1v) is 8.73. The summed E-state index contributed by atoms with van der Waals surface area (Å²) < 4.78 is 0. The van der Waals surface area contributed by atoms with Crippen molar-refractivity contribution in [3.05, 3.63) is 30.3 Å². The number of para-hydroxylation sites is 1. The minimum absolute atomic E-state index is 0.0918. The lowest BCUT2D eigenvalue weighted by atomic mass is 9.96. The molecule has 0 bridgehead atoms. The molecule has 1 aromatic rings. The zero-order valence-electron chi connectivity index (χ0n) is 14.2. The Labute approximate surface area is 143 Å². The van der Waals surface area contributed by atoms with Crippen molar-refractivity contribution in [1.82, 2.24) is 15.1 Å². The van der Waals surface area contributed by atoms with Crippen LogP contribution < -0.4 is 10.6 Å². The molecule has 0 spiro atoms. The van der Waals surface area contributed by atoms with Gasteiger partial charge in [0, 0.05) is 38.4 Å². The normalized spacial score (nSPS) is 23.8. The third-order valence-electron chi connectivity index (χ3n) is 5.01. The maximum atomic E-state index is 12.8. The monoisotopic (exact) mass is 330 g/mol. The number of amides is 3. The predicted molar refractivity (Wildman–Crippen MR) is 93.8 cm³/mol. The van der Waals surface area contributed by atoms with Gasteiger partial charge in [0.25, 0.3) is 0 Å². The lowest BCUT2D eigenvalue weighted by Crippen LogP contribution is -2.49. The lowest BCUT2D eigenvalue weighted by Gasteiger charge is -2.35. The van der Waals surface area contributed by atoms with Crippen molar-refractivity contribution in [1.29, 1.82) is 0 Å². The number of piperidine rings is 1. The number of benzene rings is 1. The first-order valence-electron chi connectivity index (χ1n) is 8.73. The second kappa shape index (κ2) is 7.66. The summed E-state index contributed by atoms with van der Waals surface area (Å²) in [6, 6.07) is 9.59. The minimum Gasteiger partial charge on any atom is -0.341 e. The Kier molecular flexibility index (Phi) is 5.35. The Morgan fingerprint density at radius 1 is 1.25 bits per heavy atom. The molecule has 6 nitrogen and oxygen atoms in total. The van der Waals surface area contributed by atoms with Crippen molar-refractivity contribution < 1.29 is 9.59 Å². The van der Waals surface area contributed by atoms with Gasteiger partial charge in [0.05, 0.1) is 5.92 Å². The first kappa shape index (κ1) is 16.8. The average molecular weight is 330 g/mol. The van der Waals surface area contributed by atoms with Crippen LogP contribution >= 0.6 is 0 Å². The highest BCUT2D eigenvalue weighted by atomic mass is 16.2. The molecule has 2 unspecified atom stereocenters. The molecule has 2 saturated heterocycles. The second-order valence-corrected chi connectivity index (χ2v) is 6.68. The van der Waals surface area contributed by atoms with Gasteiger partial charge in [-0.1, -0.05) is 18.2 Å². The number of carbonyl (C=O) groups excluding carboxylic acids is 2. The molecule has 6 heteroatoms. The largest absolute Gasteiger partial charge is 0.341 e. The van der Waals surface area contributed by atoms with Gasteiger partial charge >= 0.3 is 6.03 Å². The third-order valence-corrected chi connectivity index (χ3v) is 5.01. The molecule has 2 heterocycles. The highest BCUT2D eigenvalue weighted by Crippen LogP contribution is 2.21. The molecule has 2 atom stereocenters. The van der Waals surface area contributed by atoms with E-state index in [4.69, 9.17) is 0 Å². The molecule has 2 N–H and O–H groups in total. The van der Waals surface area contributed by atoms with Crippen LogP contribution in [0.2, 0.25) is 0 Å². The number of hydrogen-bond acceptors (Lipinski definition) is 3. The molecule has 0 radical (unpaired) electrons. The van der Waals surface area contributed by atoms with Gasteiger partial charge in [-0.3, -0.25) is 4.79 Å². The number of urea groups is 1. The van der Waals surface area contributed by atoms with E-state index in [9.17, 15) is 9.59 Å². The van der Waals surface area contributed by atoms with E-state index in [0.29, 0.717) is 13.1 Å². The quantitative estimate of drug-likeness (QED) is 0.887. The number of rotatable bonds is 3. The van der Waals surface area contributed by atoms with Crippen LogP contribution in [-0.2, 0) is 4.79 Å². The molecule has 1 aromatic carbocycles. The van der Waals surface area contributed by atoms with Gasteiger partial charge in [-0.2, -0.15) is 0 Å². The summed E-state index contributed by atoms with van der Waals surface area (Å²) >= 11 is 0. The summed E-state index contributed by atoms with van der Waals surface area (Å²) in [5, 5.41) is 6.20. The van der Waals surface area contributed by atoms with Crippen LogP contribution in [0.4, 0.5) is 10.5 Å². The topological polar surface area (TPSA) is 64.7 Å². The standard InChI is InChI=1S/C18H26N4O2/c1-21(16-9-10-19-12-16)17(23)14-6-5-11-22(13-14)18(24)20-15-7-3-2-4-8-15/h2-4,7-8,14,16,19H,5-6,9-13H2,1H3,(H,20,24). The Bertz CT molecular complexity index is 572. The molecular weight excluding hydrogens is 304 g/mol. The highest BCUT2D eigenvalue weighted by molar-refractivity contribution is 5.90. The Balaban J connectivity index is 1.57. The average Bonchev–Trinajstić information content (AvgIpc) is 3.16. The van der Waals surface area contributed by atoms with Crippen LogP contribution in [0.25, 0.3) is 0 Å². The van der Waals surface area contributed by atoms with E-state index in [-0.39, 0.29) is 23.9 Å². The zero-order chi connectivity index (χ0) is 16.9. The Morgan fingerprint density at radius 3 is 2.75 bits per heavy atom. The molecule has 2 aliphatic rings. The van der Waals surface area contributed by atoms with Crippen molar-refractivity contribution in [2.45, 2.75) is 25.3 Å². The van der Waals surface area contributed by atoms with Crippen LogP contribution in [0.5, 0.6) is 0 Å². The number of nitrogens with zero attached hydrogens (tertiary/aromatic N) is 2. The van der Waals surface area contributed by atoms with Gasteiger partial charge in [-0.15, -0.1) is 0 Å². The predicted octanol–water partition coefficient (Wildman–Crippen LogP) is 1.75. The van der Waals surface area contributed by atoms with Crippen molar-refractivity contribution in [3.8, 4) is 0 Å². The van der Waals surface area contributed by atoms with E-state index in [2.05, 4.69) is 10.6 Å². The number of likely N-dealkylation sites (N-methyl/N-ethyl adjacent to an activating group) is 1. The van der Waals surface area contributed by atoms with Gasteiger partial charge in [0.1, 0.15) is 0 Å². The van der Waals surface area contributed by atoms with Crippen LogP contribution in [0.1, 0.15) is 19.3 Å². The van der Waals surface area contributed by atoms with E-state index in [0.717, 1.165) is 38.0 Å². The summed E-state index contributed by atoms with van der Waals surface area (Å²) in [5.41, 5.74) is 0.782. The van der Waals surface area contributed by atoms with Crippen molar-refractivity contribution in [2.75, 3.05) is 38.5 Å².